The fourth-order valence-electron chi connectivity index (χ4n) is 3.87. The summed E-state index contributed by atoms with van der Waals surface area (Å²) in [7, 11) is -3.55. The molecule has 2 saturated heterocycles. The molecule has 0 aliphatic carbocycles. The number of nitrogens with zero attached hydrogens (tertiary/aromatic N) is 1. The summed E-state index contributed by atoms with van der Waals surface area (Å²) in [6.45, 7) is 2.94. The average Bonchev–Trinajstić information content (AvgIpc) is 3.39. The van der Waals surface area contributed by atoms with Crippen molar-refractivity contribution in [1.82, 2.24) is 20.5 Å². The quantitative estimate of drug-likeness (QED) is 0.645. The van der Waals surface area contributed by atoms with Crippen molar-refractivity contribution in [3.63, 3.8) is 0 Å². The first-order chi connectivity index (χ1) is 13.0. The zero-order chi connectivity index (χ0) is 18.9. The highest BCUT2D eigenvalue weighted by Gasteiger charge is 2.30. The molecule has 0 spiro atoms. The minimum absolute atomic E-state index is 0.0318. The van der Waals surface area contributed by atoms with Gasteiger partial charge in [0.05, 0.1) is 11.0 Å². The van der Waals surface area contributed by atoms with Crippen molar-refractivity contribution >= 4 is 15.9 Å². The van der Waals surface area contributed by atoms with E-state index in [1.165, 1.54) is 0 Å². The van der Waals surface area contributed by atoms with Crippen molar-refractivity contribution in [2.24, 2.45) is 0 Å². The predicted octanol–water partition coefficient (Wildman–Crippen LogP) is -0.105. The highest BCUT2D eigenvalue weighted by molar-refractivity contribution is 7.89. The fraction of sp³-hybridized carbons (Fsp3) is 0.611. The maximum absolute atomic E-state index is 12.6. The first-order valence-electron chi connectivity index (χ1n) is 9.53. The zero-order valence-corrected chi connectivity index (χ0v) is 16.1. The van der Waals surface area contributed by atoms with Gasteiger partial charge in [0.2, 0.25) is 15.9 Å². The van der Waals surface area contributed by atoms with Crippen molar-refractivity contribution < 1.29 is 17.9 Å². The zero-order valence-electron chi connectivity index (χ0n) is 15.2. The van der Waals surface area contributed by atoms with Crippen molar-refractivity contribution in [2.75, 3.05) is 26.2 Å². The Hall–Kier alpha value is -1.52. The van der Waals surface area contributed by atoms with Gasteiger partial charge in [0, 0.05) is 32.8 Å². The van der Waals surface area contributed by atoms with E-state index in [9.17, 15) is 13.2 Å². The van der Waals surface area contributed by atoms with Gasteiger partial charge in [0.15, 0.2) is 0 Å². The molecule has 3 aliphatic heterocycles. The number of fused-ring (bicyclic) bond motifs is 1. The van der Waals surface area contributed by atoms with Gasteiger partial charge >= 0.3 is 0 Å². The Labute approximate surface area is 159 Å². The summed E-state index contributed by atoms with van der Waals surface area (Å²) >= 11 is 0. The predicted molar refractivity (Wildman–Crippen MR) is 99.3 cm³/mol. The van der Waals surface area contributed by atoms with Crippen LogP contribution in [0.2, 0.25) is 0 Å². The monoisotopic (exact) mass is 394 g/mol. The normalized spacial score (nSPS) is 25.6. The Morgan fingerprint density at radius 3 is 2.93 bits per heavy atom. The van der Waals surface area contributed by atoms with Crippen LogP contribution >= 0.6 is 0 Å². The van der Waals surface area contributed by atoms with Crippen LogP contribution in [0.5, 0.6) is 0 Å². The Balaban J connectivity index is 1.42. The van der Waals surface area contributed by atoms with Crippen LogP contribution in [0, 0.1) is 0 Å². The molecule has 8 nitrogen and oxygen atoms in total. The molecule has 0 radical (unpaired) electrons. The highest BCUT2D eigenvalue weighted by atomic mass is 32.2. The molecule has 9 heteroatoms. The number of benzene rings is 1. The lowest BCUT2D eigenvalue weighted by atomic mass is 9.99. The van der Waals surface area contributed by atoms with Gasteiger partial charge in [-0.05, 0) is 48.9 Å². The van der Waals surface area contributed by atoms with Crippen LogP contribution in [-0.2, 0) is 32.5 Å². The number of hydrogen-bond donors (Lipinski definition) is 3. The van der Waals surface area contributed by atoms with E-state index in [0.717, 1.165) is 36.9 Å². The lowest BCUT2D eigenvalue weighted by Gasteiger charge is -2.31. The number of ether oxygens (including phenoxy) is 1. The van der Waals surface area contributed by atoms with Crippen molar-refractivity contribution in [3.05, 3.63) is 29.3 Å². The van der Waals surface area contributed by atoms with Crippen LogP contribution in [0.1, 0.15) is 30.4 Å². The number of nitrogens with one attached hydrogen (secondary N) is 3. The van der Waals surface area contributed by atoms with Gasteiger partial charge in [0.25, 0.3) is 0 Å². The first kappa shape index (κ1) is 18.8. The van der Waals surface area contributed by atoms with Crippen LogP contribution in [0.3, 0.4) is 0 Å². The number of hydrazine groups is 1. The smallest absolute Gasteiger partial charge is 0.241 e. The van der Waals surface area contributed by atoms with Gasteiger partial charge in [-0.15, -0.1) is 0 Å². The Kier molecular flexibility index (Phi) is 5.47. The van der Waals surface area contributed by atoms with Gasteiger partial charge in [-0.25, -0.2) is 18.6 Å². The SMILES string of the molecule is O=C(C1CCNN1)N1CCc2cc(S(=O)(=O)NCC3CCCO3)ccc2C1. The Morgan fingerprint density at radius 2 is 2.19 bits per heavy atom. The molecular formula is C18H26N4O4S. The van der Waals surface area contributed by atoms with Crippen molar-refractivity contribution in [1.29, 1.82) is 0 Å². The van der Waals surface area contributed by atoms with Gasteiger partial charge in [0.1, 0.15) is 6.04 Å². The molecule has 1 aromatic rings. The van der Waals surface area contributed by atoms with Crippen LogP contribution in [0.25, 0.3) is 0 Å². The molecule has 0 aromatic heterocycles. The minimum Gasteiger partial charge on any atom is -0.377 e. The van der Waals surface area contributed by atoms with E-state index in [1.807, 2.05) is 11.0 Å². The van der Waals surface area contributed by atoms with E-state index < -0.39 is 10.0 Å². The van der Waals surface area contributed by atoms with E-state index in [1.54, 1.807) is 12.1 Å². The first-order valence-corrected chi connectivity index (χ1v) is 11.0. The lowest BCUT2D eigenvalue weighted by Crippen LogP contribution is -2.47. The molecule has 148 valence electrons. The van der Waals surface area contributed by atoms with Crippen LogP contribution < -0.4 is 15.6 Å². The summed E-state index contributed by atoms with van der Waals surface area (Å²) < 4.78 is 33.3. The van der Waals surface area contributed by atoms with E-state index in [4.69, 9.17) is 4.74 Å². The van der Waals surface area contributed by atoms with Gasteiger partial charge in [-0.2, -0.15) is 0 Å². The number of rotatable bonds is 5. The summed E-state index contributed by atoms with van der Waals surface area (Å²) in [6.07, 6.45) is 3.29. The third kappa shape index (κ3) is 4.17. The third-order valence-corrected chi connectivity index (χ3v) is 6.89. The second-order valence-electron chi connectivity index (χ2n) is 7.34. The Morgan fingerprint density at radius 1 is 1.30 bits per heavy atom. The summed E-state index contributed by atoms with van der Waals surface area (Å²) in [5, 5.41) is 0. The summed E-state index contributed by atoms with van der Waals surface area (Å²) in [5.74, 6) is 0.0978. The summed E-state index contributed by atoms with van der Waals surface area (Å²) in [5.41, 5.74) is 8.00. The van der Waals surface area contributed by atoms with Gasteiger partial charge < -0.3 is 9.64 Å². The largest absolute Gasteiger partial charge is 0.377 e. The minimum atomic E-state index is -3.55. The number of hydrogen-bond acceptors (Lipinski definition) is 6. The highest BCUT2D eigenvalue weighted by Crippen LogP contribution is 2.23. The van der Waals surface area contributed by atoms with E-state index in [0.29, 0.717) is 32.7 Å². The number of carbonyl (C=O) groups is 1. The maximum atomic E-state index is 12.6. The lowest BCUT2D eigenvalue weighted by molar-refractivity contribution is -0.134. The Bertz CT molecular complexity index is 802. The molecule has 2 fully saturated rings. The standard InChI is InChI=1S/C18H26N4O4S/c23-18(17-5-7-19-21-17)22-8-6-13-10-16(4-3-14(13)12-22)27(24,25)20-11-15-2-1-9-26-15/h3-4,10,15,17,19-21H,1-2,5-9,11-12H2. The van der Waals surface area contributed by atoms with Crippen LogP contribution in [0.4, 0.5) is 0 Å². The van der Waals surface area contributed by atoms with Crippen LogP contribution in [-0.4, -0.2) is 57.6 Å². The molecule has 1 amide bonds. The van der Waals surface area contributed by atoms with Crippen molar-refractivity contribution in [3.8, 4) is 0 Å². The molecular weight excluding hydrogens is 368 g/mol. The fourth-order valence-corrected chi connectivity index (χ4v) is 4.98. The number of amides is 1. The molecule has 2 unspecified atom stereocenters. The molecule has 1 aromatic carbocycles. The topological polar surface area (TPSA) is 99.8 Å². The molecule has 3 N–H and O–H groups in total. The van der Waals surface area contributed by atoms with E-state index in [2.05, 4.69) is 15.6 Å². The second-order valence-corrected chi connectivity index (χ2v) is 9.11. The average molecular weight is 394 g/mol. The number of carbonyl (C=O) groups excluding carboxylic acids is 1. The molecule has 4 rings (SSSR count). The van der Waals surface area contributed by atoms with E-state index >= 15 is 0 Å². The van der Waals surface area contributed by atoms with Gasteiger partial charge in [-0.1, -0.05) is 6.07 Å². The second kappa shape index (κ2) is 7.84. The van der Waals surface area contributed by atoms with Crippen molar-refractivity contribution in [2.45, 2.75) is 49.3 Å². The van der Waals surface area contributed by atoms with E-state index in [-0.39, 0.29) is 22.9 Å². The molecule has 2 atom stereocenters. The molecule has 27 heavy (non-hydrogen) atoms. The third-order valence-electron chi connectivity index (χ3n) is 5.47. The summed E-state index contributed by atoms with van der Waals surface area (Å²) in [6, 6.07) is 5.02. The number of sulfonamides is 1. The molecule has 3 heterocycles. The van der Waals surface area contributed by atoms with Crippen LogP contribution in [0.15, 0.2) is 23.1 Å². The van der Waals surface area contributed by atoms with Gasteiger partial charge in [-0.3, -0.25) is 10.2 Å². The molecule has 0 saturated carbocycles. The summed E-state index contributed by atoms with van der Waals surface area (Å²) in [4.78, 5) is 14.7. The maximum Gasteiger partial charge on any atom is 0.241 e. The molecule has 3 aliphatic rings. The molecule has 0 bridgehead atoms.